The van der Waals surface area contributed by atoms with Crippen LogP contribution in [0.15, 0.2) is 24.4 Å². The standard InChI is InChI=1S/C16H25N2/c1-12-11-16(3)8-10-18(12)13(2)15(16)14-7-5-6-9-17(14)4/h5-7,9,12-13,15H,8,10-11H2,1-4H3/q+1. The number of hydrogen-bond acceptors (Lipinski definition) is 1. The van der Waals surface area contributed by atoms with Crippen molar-refractivity contribution in [3.63, 3.8) is 0 Å². The molecule has 4 heterocycles. The molecular formula is C16H25N2+. The second-order valence-corrected chi connectivity index (χ2v) is 6.65. The van der Waals surface area contributed by atoms with E-state index in [2.05, 4.69) is 61.7 Å². The summed E-state index contributed by atoms with van der Waals surface area (Å²) in [7, 11) is 2.19. The molecule has 0 N–H and O–H groups in total. The zero-order valence-corrected chi connectivity index (χ0v) is 12.1. The molecule has 18 heavy (non-hydrogen) atoms. The quantitative estimate of drug-likeness (QED) is 0.690. The zero-order valence-electron chi connectivity index (χ0n) is 12.1. The molecule has 1 aromatic rings. The molecule has 5 atom stereocenters. The van der Waals surface area contributed by atoms with E-state index in [-0.39, 0.29) is 0 Å². The van der Waals surface area contributed by atoms with Crippen molar-refractivity contribution < 1.29 is 4.57 Å². The maximum Gasteiger partial charge on any atom is 0.186 e. The first-order chi connectivity index (χ1) is 8.53. The van der Waals surface area contributed by atoms with Crippen LogP contribution in [0.2, 0.25) is 0 Å². The van der Waals surface area contributed by atoms with Gasteiger partial charge in [0, 0.05) is 24.2 Å². The summed E-state index contributed by atoms with van der Waals surface area (Å²) >= 11 is 0. The van der Waals surface area contributed by atoms with Gasteiger partial charge in [0.25, 0.3) is 0 Å². The maximum absolute atomic E-state index is 2.71. The summed E-state index contributed by atoms with van der Waals surface area (Å²) in [6.07, 6.45) is 4.88. The SMILES string of the molecule is CC1CC2(C)CCN1C(C)C2c1cccc[n+]1C. The molecule has 3 fully saturated rings. The lowest BCUT2D eigenvalue weighted by molar-refractivity contribution is -0.682. The molecule has 0 amide bonds. The third kappa shape index (κ3) is 1.62. The predicted octanol–water partition coefficient (Wildman–Crippen LogP) is 2.49. The molecule has 2 heteroatoms. The van der Waals surface area contributed by atoms with Gasteiger partial charge in [0.2, 0.25) is 0 Å². The van der Waals surface area contributed by atoms with Crippen molar-refractivity contribution in [2.75, 3.05) is 6.54 Å². The minimum atomic E-state index is 0.479. The van der Waals surface area contributed by atoms with E-state index in [9.17, 15) is 0 Å². The Morgan fingerprint density at radius 2 is 2.11 bits per heavy atom. The zero-order chi connectivity index (χ0) is 12.9. The molecule has 5 unspecified atom stereocenters. The average molecular weight is 245 g/mol. The van der Waals surface area contributed by atoms with E-state index in [1.54, 1.807) is 0 Å². The highest BCUT2D eigenvalue weighted by atomic mass is 15.2. The number of piperidine rings is 3. The number of rotatable bonds is 1. The number of aryl methyl sites for hydroxylation is 1. The Labute approximate surface area is 111 Å². The molecule has 0 spiro atoms. The van der Waals surface area contributed by atoms with Crippen molar-refractivity contribution in [2.45, 2.75) is 51.6 Å². The third-order valence-corrected chi connectivity index (χ3v) is 5.44. The lowest BCUT2D eigenvalue weighted by Crippen LogP contribution is -2.62. The average Bonchev–Trinajstić information content (AvgIpc) is 2.30. The first-order valence-electron chi connectivity index (χ1n) is 7.23. The highest BCUT2D eigenvalue weighted by Gasteiger charge is 2.53. The van der Waals surface area contributed by atoms with Crippen molar-refractivity contribution in [1.82, 2.24) is 4.90 Å². The van der Waals surface area contributed by atoms with Crippen LogP contribution in [0.5, 0.6) is 0 Å². The van der Waals surface area contributed by atoms with Crippen LogP contribution in [0.4, 0.5) is 0 Å². The van der Waals surface area contributed by atoms with Gasteiger partial charge in [-0.25, -0.2) is 4.57 Å². The topological polar surface area (TPSA) is 7.12 Å². The van der Waals surface area contributed by atoms with Gasteiger partial charge in [-0.15, -0.1) is 0 Å². The normalized spacial score (nSPS) is 43.1. The number of nitrogens with zero attached hydrogens (tertiary/aromatic N) is 2. The molecule has 0 aliphatic carbocycles. The van der Waals surface area contributed by atoms with E-state index in [0.29, 0.717) is 17.4 Å². The molecule has 2 nitrogen and oxygen atoms in total. The first-order valence-corrected chi connectivity index (χ1v) is 7.23. The van der Waals surface area contributed by atoms with Crippen LogP contribution in [-0.2, 0) is 7.05 Å². The Balaban J connectivity index is 2.05. The van der Waals surface area contributed by atoms with Gasteiger partial charge in [0.1, 0.15) is 7.05 Å². The molecule has 2 bridgehead atoms. The Bertz CT molecular complexity index is 456. The Hall–Kier alpha value is -0.890. The molecule has 98 valence electrons. The predicted molar refractivity (Wildman–Crippen MR) is 73.3 cm³/mol. The molecular weight excluding hydrogens is 220 g/mol. The fourth-order valence-electron chi connectivity index (χ4n) is 4.62. The fourth-order valence-corrected chi connectivity index (χ4v) is 4.62. The van der Waals surface area contributed by atoms with Gasteiger partial charge in [0.15, 0.2) is 11.9 Å². The van der Waals surface area contributed by atoms with E-state index >= 15 is 0 Å². The van der Waals surface area contributed by atoms with Crippen LogP contribution >= 0.6 is 0 Å². The van der Waals surface area contributed by atoms with Crippen molar-refractivity contribution >= 4 is 0 Å². The Morgan fingerprint density at radius 3 is 2.72 bits per heavy atom. The van der Waals surface area contributed by atoms with E-state index in [1.165, 1.54) is 25.1 Å². The largest absolute Gasteiger partial charge is 0.297 e. The maximum atomic E-state index is 2.71. The molecule has 3 aliphatic heterocycles. The van der Waals surface area contributed by atoms with E-state index < -0.39 is 0 Å². The number of fused-ring (bicyclic) bond motifs is 3. The highest BCUT2D eigenvalue weighted by Crippen LogP contribution is 2.53. The van der Waals surface area contributed by atoms with Crippen LogP contribution in [0.25, 0.3) is 0 Å². The lowest BCUT2D eigenvalue weighted by Gasteiger charge is -2.58. The minimum absolute atomic E-state index is 0.479. The van der Waals surface area contributed by atoms with E-state index in [1.807, 2.05) is 0 Å². The fraction of sp³-hybridized carbons (Fsp3) is 0.688. The highest BCUT2D eigenvalue weighted by molar-refractivity contribution is 5.17. The van der Waals surface area contributed by atoms with E-state index in [0.717, 1.165) is 6.04 Å². The molecule has 0 saturated carbocycles. The van der Waals surface area contributed by atoms with Crippen molar-refractivity contribution in [3.05, 3.63) is 30.1 Å². The summed E-state index contributed by atoms with van der Waals surface area (Å²) in [5, 5.41) is 0. The smallest absolute Gasteiger partial charge is 0.186 e. The van der Waals surface area contributed by atoms with E-state index in [4.69, 9.17) is 0 Å². The minimum Gasteiger partial charge on any atom is -0.297 e. The van der Waals surface area contributed by atoms with Gasteiger partial charge in [0.05, 0.1) is 5.92 Å². The first kappa shape index (κ1) is 12.2. The van der Waals surface area contributed by atoms with Gasteiger partial charge >= 0.3 is 0 Å². The molecule has 4 rings (SSSR count). The number of hydrogen-bond donors (Lipinski definition) is 0. The monoisotopic (exact) mass is 245 g/mol. The van der Waals surface area contributed by atoms with Crippen molar-refractivity contribution in [3.8, 4) is 0 Å². The summed E-state index contributed by atoms with van der Waals surface area (Å²) in [5.41, 5.74) is 1.98. The Morgan fingerprint density at radius 1 is 1.33 bits per heavy atom. The van der Waals surface area contributed by atoms with Crippen LogP contribution in [0.3, 0.4) is 0 Å². The number of aromatic nitrogens is 1. The van der Waals surface area contributed by atoms with Crippen molar-refractivity contribution in [1.29, 1.82) is 0 Å². The summed E-state index contributed by atoms with van der Waals surface area (Å²) in [6, 6.07) is 8.05. The molecule has 0 aromatic carbocycles. The summed E-state index contributed by atoms with van der Waals surface area (Å²) in [6.45, 7) is 8.61. The molecule has 0 radical (unpaired) electrons. The summed E-state index contributed by atoms with van der Waals surface area (Å²) in [4.78, 5) is 2.71. The van der Waals surface area contributed by atoms with Gasteiger partial charge in [-0.3, -0.25) is 4.90 Å². The molecule has 1 aromatic heterocycles. The number of pyridine rings is 1. The van der Waals surface area contributed by atoms with Gasteiger partial charge in [-0.1, -0.05) is 13.0 Å². The van der Waals surface area contributed by atoms with Crippen LogP contribution in [-0.4, -0.2) is 23.5 Å². The third-order valence-electron chi connectivity index (χ3n) is 5.44. The van der Waals surface area contributed by atoms with Crippen LogP contribution in [0, 0.1) is 5.41 Å². The second kappa shape index (κ2) is 4.06. The summed E-state index contributed by atoms with van der Waals surface area (Å²) < 4.78 is 2.32. The van der Waals surface area contributed by atoms with Gasteiger partial charge < -0.3 is 0 Å². The van der Waals surface area contributed by atoms with Gasteiger partial charge in [-0.05, 0) is 38.6 Å². The Kier molecular flexibility index (Phi) is 2.74. The van der Waals surface area contributed by atoms with Crippen LogP contribution in [0.1, 0.15) is 45.2 Å². The second-order valence-electron chi connectivity index (χ2n) is 6.65. The molecule has 3 saturated heterocycles. The molecule has 3 aliphatic rings. The van der Waals surface area contributed by atoms with Crippen molar-refractivity contribution in [2.24, 2.45) is 12.5 Å². The van der Waals surface area contributed by atoms with Gasteiger partial charge in [-0.2, -0.15) is 0 Å². The van der Waals surface area contributed by atoms with Crippen LogP contribution < -0.4 is 4.57 Å². The summed E-state index contributed by atoms with van der Waals surface area (Å²) in [5.74, 6) is 0.675. The lowest BCUT2D eigenvalue weighted by atomic mass is 9.60.